The first-order valence-electron chi connectivity index (χ1n) is 10.3. The predicted molar refractivity (Wildman–Crippen MR) is 130 cm³/mol. The summed E-state index contributed by atoms with van der Waals surface area (Å²) < 4.78 is 6.52. The van der Waals surface area contributed by atoms with Crippen molar-refractivity contribution < 1.29 is 16.0 Å². The van der Waals surface area contributed by atoms with Gasteiger partial charge in [-0.2, -0.15) is 0 Å². The average molecular weight is 610 g/mol. The van der Waals surface area contributed by atoms with Crippen molar-refractivity contribution in [3.05, 3.63) is 113 Å². The minimum atomic E-state index is -3.86. The van der Waals surface area contributed by atoms with Gasteiger partial charge in [-0.1, -0.05) is 0 Å². The summed E-state index contributed by atoms with van der Waals surface area (Å²) in [6, 6.07) is 34.2. The first kappa shape index (κ1) is 22.2. The van der Waals surface area contributed by atoms with E-state index in [-0.39, 0.29) is 0 Å². The van der Waals surface area contributed by atoms with E-state index in [2.05, 4.69) is 109 Å². The second-order valence-electron chi connectivity index (χ2n) is 8.51. The monoisotopic (exact) mass is 612 g/mol. The molecule has 1 aliphatic rings. The molecule has 0 radical (unpaired) electrons. The first-order valence-corrected chi connectivity index (χ1v) is 38.2. The SMILES string of the molecule is CN(C)C.[GeH3][Hf]([C]1=CC=CC1)([c]1ccccc1)([c]1ccccc1)[c]1ccccc1. The first-order chi connectivity index (χ1) is 14.0. The molecule has 0 N–H and O–H groups in total. The Morgan fingerprint density at radius 2 is 1.00 bits per heavy atom. The van der Waals surface area contributed by atoms with Crippen LogP contribution in [0.4, 0.5) is 0 Å². The number of hydrogen-bond acceptors (Lipinski definition) is 1. The minimum absolute atomic E-state index is 0.659. The molecular formula is C26H32GeHfN. The molecule has 0 atom stereocenters. The van der Waals surface area contributed by atoms with Crippen molar-refractivity contribution in [3.8, 4) is 0 Å². The Morgan fingerprint density at radius 3 is 1.28 bits per heavy atom. The second-order valence-corrected chi connectivity index (χ2v) is 64.0. The van der Waals surface area contributed by atoms with Gasteiger partial charge in [0.1, 0.15) is 0 Å². The van der Waals surface area contributed by atoms with E-state index >= 15 is 0 Å². The van der Waals surface area contributed by atoms with Gasteiger partial charge in [-0.25, -0.2) is 0 Å². The third kappa shape index (κ3) is 4.21. The van der Waals surface area contributed by atoms with Crippen LogP contribution in [0.5, 0.6) is 0 Å². The number of allylic oxidation sites excluding steroid dienone is 4. The van der Waals surface area contributed by atoms with Crippen molar-refractivity contribution in [2.75, 3.05) is 21.1 Å². The van der Waals surface area contributed by atoms with Crippen LogP contribution in [0.1, 0.15) is 6.42 Å². The molecule has 0 aliphatic heterocycles. The molecule has 0 amide bonds. The van der Waals surface area contributed by atoms with Crippen molar-refractivity contribution in [1.82, 2.24) is 4.90 Å². The van der Waals surface area contributed by atoms with Gasteiger partial charge in [-0.05, 0) is 21.1 Å². The summed E-state index contributed by atoms with van der Waals surface area (Å²) in [5.41, 5.74) is 0. The summed E-state index contributed by atoms with van der Waals surface area (Å²) in [5, 5.41) is 0. The van der Waals surface area contributed by atoms with E-state index < -0.39 is 16.0 Å². The molecule has 149 valence electrons. The van der Waals surface area contributed by atoms with Gasteiger partial charge in [0, 0.05) is 0 Å². The van der Waals surface area contributed by atoms with E-state index in [1.54, 1.807) is 13.3 Å². The van der Waals surface area contributed by atoms with E-state index in [0.29, 0.717) is 12.8 Å². The predicted octanol–water partition coefficient (Wildman–Crippen LogP) is 2.95. The summed E-state index contributed by atoms with van der Waals surface area (Å²) in [4.78, 5) is 2.00. The van der Waals surface area contributed by atoms with E-state index in [4.69, 9.17) is 0 Å². The van der Waals surface area contributed by atoms with Crippen LogP contribution < -0.4 is 9.96 Å². The van der Waals surface area contributed by atoms with Crippen molar-refractivity contribution in [3.63, 3.8) is 0 Å². The van der Waals surface area contributed by atoms with Crippen LogP contribution in [0.25, 0.3) is 0 Å². The fourth-order valence-electron chi connectivity index (χ4n) is 4.53. The number of nitrogens with zero attached hydrogens (tertiary/aromatic N) is 1. The van der Waals surface area contributed by atoms with Gasteiger partial charge in [0.05, 0.1) is 0 Å². The summed E-state index contributed by atoms with van der Waals surface area (Å²) in [6.45, 7) is 0. The number of benzene rings is 3. The van der Waals surface area contributed by atoms with Crippen LogP contribution in [0.2, 0.25) is 0 Å². The quantitative estimate of drug-likeness (QED) is 0.412. The van der Waals surface area contributed by atoms with Crippen LogP contribution in [-0.4, -0.2) is 38.8 Å². The van der Waals surface area contributed by atoms with Crippen molar-refractivity contribution in [2.45, 2.75) is 6.42 Å². The summed E-state index contributed by atoms with van der Waals surface area (Å²) in [6.07, 6.45) is 8.15. The van der Waals surface area contributed by atoms with Gasteiger partial charge in [0.2, 0.25) is 0 Å². The molecular weight excluding hydrogens is 577 g/mol. The van der Waals surface area contributed by atoms with Gasteiger partial charge in [0.15, 0.2) is 0 Å². The number of hydrogen-bond donors (Lipinski definition) is 0. The molecule has 3 aromatic carbocycles. The van der Waals surface area contributed by atoms with Crippen LogP contribution in [0.3, 0.4) is 0 Å². The molecule has 4 rings (SSSR count). The molecule has 0 saturated carbocycles. The van der Waals surface area contributed by atoms with Crippen LogP contribution in [0, 0.1) is 0 Å². The zero-order valence-corrected chi connectivity index (χ0v) is 25.8. The zero-order valence-electron chi connectivity index (χ0n) is 18.0. The summed E-state index contributed by atoms with van der Waals surface area (Å²) in [7, 11) is 6.00. The third-order valence-electron chi connectivity index (χ3n) is 6.06. The zero-order chi connectivity index (χ0) is 20.8. The van der Waals surface area contributed by atoms with Crippen LogP contribution >= 0.6 is 0 Å². The summed E-state index contributed by atoms with van der Waals surface area (Å²) in [5.74, 6) is 0. The van der Waals surface area contributed by atoms with E-state index in [9.17, 15) is 0 Å². The van der Waals surface area contributed by atoms with Crippen LogP contribution in [0.15, 0.2) is 113 Å². The normalized spacial score (nSPS) is 14.6. The van der Waals surface area contributed by atoms with Gasteiger partial charge in [-0.3, -0.25) is 0 Å². The molecule has 1 aliphatic carbocycles. The Labute approximate surface area is 182 Å². The maximum atomic E-state index is 2.44. The molecule has 0 heterocycles. The Bertz CT molecular complexity index is 877. The van der Waals surface area contributed by atoms with E-state index in [1.807, 2.05) is 26.0 Å². The molecule has 3 aromatic rings. The van der Waals surface area contributed by atoms with Crippen molar-refractivity contribution in [2.24, 2.45) is 0 Å². The molecule has 1 nitrogen and oxygen atoms in total. The van der Waals surface area contributed by atoms with Crippen molar-refractivity contribution >= 4 is 22.8 Å². The van der Waals surface area contributed by atoms with Crippen LogP contribution in [-0.2, 0) is 16.0 Å². The molecule has 29 heavy (non-hydrogen) atoms. The average Bonchev–Trinajstić information content (AvgIpc) is 3.31. The third-order valence-corrected chi connectivity index (χ3v) is 73.1. The second kappa shape index (κ2) is 9.55. The Hall–Kier alpha value is -1.49. The van der Waals surface area contributed by atoms with Gasteiger partial charge < -0.3 is 4.90 Å². The molecule has 0 spiro atoms. The topological polar surface area (TPSA) is 3.24 Å². The fourth-order valence-corrected chi connectivity index (χ4v) is 50.8. The Morgan fingerprint density at radius 1 is 0.655 bits per heavy atom. The standard InChI is InChI=1S/3C6H5.C5H5.C3H9N.GeH3.Hf/c3*1-2-4-6-5-3-1;1-2-4-5-3-1;1-4(2)3;;/h3*1-5H;1-3H,4H2;1-3H3;1H3;. The Kier molecular flexibility index (Phi) is 7.31. The molecule has 0 bridgehead atoms. The molecule has 0 aromatic heterocycles. The van der Waals surface area contributed by atoms with Crippen molar-refractivity contribution in [1.29, 1.82) is 0 Å². The molecule has 3 heteroatoms. The fraction of sp³-hybridized carbons (Fsp3) is 0.154. The van der Waals surface area contributed by atoms with Gasteiger partial charge in [-0.15, -0.1) is 0 Å². The van der Waals surface area contributed by atoms with E-state index in [1.165, 1.54) is 0 Å². The maximum absolute atomic E-state index is 3.86. The molecule has 0 saturated heterocycles. The van der Waals surface area contributed by atoms with E-state index in [0.717, 1.165) is 6.42 Å². The Balaban J connectivity index is 0.000000552. The summed E-state index contributed by atoms with van der Waals surface area (Å²) >= 11 is -3.20. The van der Waals surface area contributed by atoms with Gasteiger partial charge in [0.25, 0.3) is 0 Å². The molecule has 0 unspecified atom stereocenters. The molecule has 0 fully saturated rings. The number of rotatable bonds is 4. The van der Waals surface area contributed by atoms with Gasteiger partial charge >= 0.3 is 158 Å².